The second kappa shape index (κ2) is 33.7. The van der Waals surface area contributed by atoms with E-state index in [9.17, 15) is 0 Å². The van der Waals surface area contributed by atoms with E-state index in [1.54, 1.807) is 0 Å². The standard InChI is InChI=1S/C35H23N2.C32H24N.C23H16N.C22H15N2.4Y/c1-36-32-15-7-4-13-28(32)31-22-30(25-10-2-3-14-29(25)35(31)36)23-18-20-24(21-19-23)37-33-16-8-5-11-26(33)27-12-6-9-17-34(27)37;1-32(2)28-14-8-6-11-22(28)23-17-16-20(18-29(23)32)26-19-27-24-12-7-9-15-30(24)33(3)31(27)25-13-5-4-10-21(25)26;1-24-22-14-12-18(16-7-3-2-4-8-16)15-21(22)20-13-11-17-9-5-6-10-19(17)23(20)24;1-24-21-12-5-4-9-16(21)19-14-18(20-11-6-7-13-23-20)15-8-2-3-10-17(15)22(19)24;;;;/h2-3,5-22H,1H3;4-6,8-19H,1-3H3;2-10,12-15H,1H3;2-3,5-14H,1H3;;;;/q4*-1;;;;. The van der Waals surface area contributed by atoms with E-state index in [-0.39, 0.29) is 136 Å². The summed E-state index contributed by atoms with van der Waals surface area (Å²) in [5.74, 6) is 0. The van der Waals surface area contributed by atoms with Gasteiger partial charge < -0.3 is 22.8 Å². The van der Waals surface area contributed by atoms with E-state index < -0.39 is 0 Å². The molecule has 1 aliphatic carbocycles. The smallest absolute Gasteiger partial charge is 0.0708 e. The molecule has 10 heteroatoms. The Morgan fingerprint density at radius 3 is 1.21 bits per heavy atom. The molecule has 122 heavy (non-hydrogen) atoms. The second-order valence-electron chi connectivity index (χ2n) is 31.9. The molecule has 0 aliphatic heterocycles. The van der Waals surface area contributed by atoms with Gasteiger partial charge in [0.2, 0.25) is 0 Å². The van der Waals surface area contributed by atoms with Crippen LogP contribution < -0.4 is 0 Å². The number of nitrogens with zero attached hydrogens (tertiary/aromatic N) is 6. The van der Waals surface area contributed by atoms with Crippen LogP contribution in [0.3, 0.4) is 0 Å². The van der Waals surface area contributed by atoms with Gasteiger partial charge in [-0.25, -0.2) is 0 Å². The molecule has 0 fully saturated rings. The second-order valence-corrected chi connectivity index (χ2v) is 31.9. The fourth-order valence-corrected chi connectivity index (χ4v) is 19.7. The number of aryl methyl sites for hydroxylation is 4. The van der Waals surface area contributed by atoms with Gasteiger partial charge in [-0.05, 0) is 147 Å². The van der Waals surface area contributed by atoms with Gasteiger partial charge in [0.25, 0.3) is 0 Å². The van der Waals surface area contributed by atoms with E-state index in [0.717, 1.165) is 5.69 Å². The van der Waals surface area contributed by atoms with Crippen molar-refractivity contribution in [3.05, 3.63) is 400 Å². The van der Waals surface area contributed by atoms with E-state index in [0.29, 0.717) is 0 Å². The summed E-state index contributed by atoms with van der Waals surface area (Å²) in [6.45, 7) is 4.70. The SMILES string of the molecule is Cn1c2cc[c-]cc2c2cc(-c3ccc(-n4c5ccccc5c5ccccc54)cc3)c3ccccc3c21.Cn1c2cc[c-]cc2c2cc(-c3ccc4c(c3)C(C)(C)c3ccccc3-4)c3ccccc3c21.Cn1c2cc[c-]cc2c2cc(-c3ccccn3)c3ccccc3c21.Cn1c2ccc(-c3ccccc3)cc2c2c[c-]c3ccccc3c21.[Y].[Y].[Y].[Y]. The van der Waals surface area contributed by atoms with Crippen molar-refractivity contribution < 1.29 is 131 Å². The first-order chi connectivity index (χ1) is 58.0. The Morgan fingerprint density at radius 2 is 0.672 bits per heavy atom. The van der Waals surface area contributed by atoms with E-state index >= 15 is 0 Å². The summed E-state index contributed by atoms with van der Waals surface area (Å²) in [6.07, 6.45) is 1.85. The molecule has 0 saturated carbocycles. The van der Waals surface area contributed by atoms with E-state index in [1.165, 1.54) is 219 Å². The van der Waals surface area contributed by atoms with Crippen molar-refractivity contribution in [1.82, 2.24) is 27.8 Å². The third kappa shape index (κ3) is 13.6. The Hall–Kier alpha value is -10.4. The van der Waals surface area contributed by atoms with Crippen LogP contribution in [0, 0.1) is 24.3 Å². The van der Waals surface area contributed by atoms with Crippen LogP contribution in [-0.2, 0) is 164 Å². The Balaban J connectivity index is 0.000000112. The first kappa shape index (κ1) is 82.5. The fourth-order valence-electron chi connectivity index (χ4n) is 19.7. The van der Waals surface area contributed by atoms with Crippen LogP contribution in [0.2, 0.25) is 0 Å². The van der Waals surface area contributed by atoms with Crippen molar-refractivity contribution in [2.45, 2.75) is 19.3 Å². The van der Waals surface area contributed by atoms with Gasteiger partial charge in [-0.1, -0.05) is 278 Å². The van der Waals surface area contributed by atoms with Gasteiger partial charge >= 0.3 is 0 Å². The molecule has 572 valence electrons. The molecule has 4 radical (unpaired) electrons. The topological polar surface area (TPSA) is 37.5 Å². The van der Waals surface area contributed by atoms with Crippen molar-refractivity contribution >= 4 is 152 Å². The third-order valence-electron chi connectivity index (χ3n) is 25.3. The summed E-state index contributed by atoms with van der Waals surface area (Å²) in [6, 6.07) is 141. The van der Waals surface area contributed by atoms with Crippen molar-refractivity contribution in [2.75, 3.05) is 0 Å². The van der Waals surface area contributed by atoms with Crippen molar-refractivity contribution in [3.8, 4) is 61.5 Å². The molecule has 0 bridgehead atoms. The maximum Gasteiger partial charge on any atom is 0.0708 e. The van der Waals surface area contributed by atoms with Crippen molar-refractivity contribution in [1.29, 1.82) is 0 Å². The Bertz CT molecular complexity index is 8160. The molecule has 6 nitrogen and oxygen atoms in total. The maximum absolute atomic E-state index is 4.58. The van der Waals surface area contributed by atoms with Crippen LogP contribution in [0.25, 0.3) is 214 Å². The average molecular weight is 1860 g/mol. The first-order valence-electron chi connectivity index (χ1n) is 40.5. The molecule has 24 aromatic rings. The Labute approximate surface area is 809 Å². The van der Waals surface area contributed by atoms with Crippen LogP contribution in [-0.4, -0.2) is 27.8 Å². The van der Waals surface area contributed by atoms with Crippen LogP contribution in [0.4, 0.5) is 0 Å². The first-order valence-corrected chi connectivity index (χ1v) is 40.5. The molecule has 0 unspecified atom stereocenters. The van der Waals surface area contributed by atoms with Gasteiger partial charge in [-0.3, -0.25) is 4.98 Å². The summed E-state index contributed by atoms with van der Waals surface area (Å²) in [7, 11) is 8.63. The number of hydrogen-bond acceptors (Lipinski definition) is 1. The van der Waals surface area contributed by atoms with Crippen LogP contribution in [0.1, 0.15) is 25.0 Å². The van der Waals surface area contributed by atoms with Gasteiger partial charge in [0, 0.05) is 231 Å². The predicted octanol–water partition coefficient (Wildman–Crippen LogP) is 28.6. The zero-order valence-corrected chi connectivity index (χ0v) is 80.0. The molecule has 1 aliphatic rings. The summed E-state index contributed by atoms with van der Waals surface area (Å²) in [5.41, 5.74) is 29.0. The number of pyridine rings is 1. The van der Waals surface area contributed by atoms with Gasteiger partial charge in [0.05, 0.1) is 16.7 Å². The summed E-state index contributed by atoms with van der Waals surface area (Å²) >= 11 is 0. The van der Waals surface area contributed by atoms with Crippen LogP contribution in [0.15, 0.2) is 364 Å². The van der Waals surface area contributed by atoms with Crippen LogP contribution in [0.5, 0.6) is 0 Å². The van der Waals surface area contributed by atoms with E-state index in [4.69, 9.17) is 0 Å². The monoisotopic (exact) mass is 1860 g/mol. The number of rotatable bonds is 5. The molecule has 0 atom stereocenters. The molecule has 6 aromatic heterocycles. The molecule has 25 rings (SSSR count). The molecule has 6 heterocycles. The minimum absolute atomic E-state index is 0. The number of fused-ring (bicyclic) bond motifs is 26. The predicted molar refractivity (Wildman–Crippen MR) is 499 cm³/mol. The largest absolute Gasteiger partial charge is 0.367 e. The van der Waals surface area contributed by atoms with Gasteiger partial charge in [0.15, 0.2) is 0 Å². The fraction of sp³-hybridized carbons (Fsp3) is 0.0625. The molecule has 0 N–H and O–H groups in total. The minimum Gasteiger partial charge on any atom is -0.367 e. The minimum atomic E-state index is -0.00372. The number of hydrogen-bond donors (Lipinski definition) is 0. The van der Waals surface area contributed by atoms with E-state index in [2.05, 4.69) is 422 Å². The summed E-state index contributed by atoms with van der Waals surface area (Å²) < 4.78 is 11.6. The summed E-state index contributed by atoms with van der Waals surface area (Å²) in [4.78, 5) is 4.58. The van der Waals surface area contributed by atoms with Gasteiger partial charge in [-0.2, -0.15) is 54.6 Å². The number of aromatic nitrogens is 6. The Kier molecular flexibility index (Phi) is 22.8. The zero-order valence-electron chi connectivity index (χ0n) is 68.6. The summed E-state index contributed by atoms with van der Waals surface area (Å²) in [5, 5.41) is 22.7. The normalized spacial score (nSPS) is 12.0. The van der Waals surface area contributed by atoms with Crippen molar-refractivity contribution in [2.24, 2.45) is 28.2 Å². The molecule has 18 aromatic carbocycles. The van der Waals surface area contributed by atoms with Gasteiger partial charge in [-0.15, -0.1) is 64.0 Å². The maximum atomic E-state index is 4.58. The molecular weight excluding hydrogens is 1780 g/mol. The van der Waals surface area contributed by atoms with Gasteiger partial charge in [0.1, 0.15) is 0 Å². The molecule has 0 amide bonds. The molecular formula is C112H78N6Y4-4. The third-order valence-corrected chi connectivity index (χ3v) is 25.3. The van der Waals surface area contributed by atoms with Crippen LogP contribution >= 0.6 is 0 Å². The van der Waals surface area contributed by atoms with Crippen molar-refractivity contribution in [3.63, 3.8) is 0 Å². The Morgan fingerprint density at radius 1 is 0.254 bits per heavy atom. The van der Waals surface area contributed by atoms with E-state index in [1.807, 2.05) is 36.5 Å². The molecule has 0 saturated heterocycles. The molecule has 0 spiro atoms. The number of para-hydroxylation sites is 2. The zero-order chi connectivity index (χ0) is 79.0. The average Bonchev–Trinajstić information content (AvgIpc) is 1.61. The quantitative estimate of drug-likeness (QED) is 0.158. The number of benzene rings is 18.